The summed E-state index contributed by atoms with van der Waals surface area (Å²) in [5, 5.41) is 0. The molecule has 1 aliphatic heterocycles. The first kappa shape index (κ1) is 13.2. The molecule has 4 heteroatoms. The lowest BCUT2D eigenvalue weighted by Crippen LogP contribution is -2.29. The molecule has 1 aliphatic rings. The number of carbonyl (C=O) groups excluding carboxylic acids is 3. The molecule has 0 aromatic heterocycles. The highest BCUT2D eigenvalue weighted by atomic mass is 16.2. The molecule has 0 N–H and O–H groups in total. The van der Waals surface area contributed by atoms with Crippen LogP contribution < -0.4 is 0 Å². The summed E-state index contributed by atoms with van der Waals surface area (Å²) in [5.74, 6) is -0.476. The third-order valence-corrected chi connectivity index (χ3v) is 3.03. The number of amides is 2. The number of Topliss-reactive ketones (excluding diaryl/α,β-unsaturated/α-hetero) is 1. The van der Waals surface area contributed by atoms with Crippen molar-refractivity contribution in [1.82, 2.24) is 4.90 Å². The molecule has 1 heterocycles. The molecule has 1 aromatic carbocycles. The Labute approximate surface area is 111 Å². The molecule has 2 rings (SSSR count). The summed E-state index contributed by atoms with van der Waals surface area (Å²) >= 11 is 0. The minimum absolute atomic E-state index is 0.0658. The first-order valence-corrected chi connectivity index (χ1v) is 6.11. The number of benzene rings is 1. The van der Waals surface area contributed by atoms with E-state index in [1.165, 1.54) is 11.8 Å². The van der Waals surface area contributed by atoms with Crippen LogP contribution in [-0.4, -0.2) is 29.0 Å². The average Bonchev–Trinajstić information content (AvgIpc) is 2.60. The second kappa shape index (κ2) is 5.18. The van der Waals surface area contributed by atoms with Crippen LogP contribution >= 0.6 is 0 Å². The molecule has 0 bridgehead atoms. The predicted molar refractivity (Wildman–Crippen MR) is 70.9 cm³/mol. The molecule has 98 valence electrons. The van der Waals surface area contributed by atoms with Gasteiger partial charge in [-0.2, -0.15) is 0 Å². The van der Waals surface area contributed by atoms with Gasteiger partial charge in [0.05, 0.1) is 11.1 Å². The standard InChI is InChI=1S/C15H15NO3/c1-10(9-11(2)17)7-8-16-14(18)12-5-3-4-6-13(12)15(16)19/h3-7H,8-9H2,1-2H3/b10-7+. The summed E-state index contributed by atoms with van der Waals surface area (Å²) in [6.07, 6.45) is 2.10. The van der Waals surface area contributed by atoms with E-state index in [1.807, 2.05) is 6.92 Å². The van der Waals surface area contributed by atoms with Gasteiger partial charge in [0.1, 0.15) is 5.78 Å². The van der Waals surface area contributed by atoms with Crippen LogP contribution in [0.15, 0.2) is 35.9 Å². The van der Waals surface area contributed by atoms with E-state index in [-0.39, 0.29) is 24.1 Å². The number of fused-ring (bicyclic) bond motifs is 1. The van der Waals surface area contributed by atoms with Crippen LogP contribution in [0.3, 0.4) is 0 Å². The summed E-state index contributed by atoms with van der Waals surface area (Å²) in [6.45, 7) is 3.55. The van der Waals surface area contributed by atoms with E-state index in [0.717, 1.165) is 5.57 Å². The summed E-state index contributed by atoms with van der Waals surface area (Å²) < 4.78 is 0. The van der Waals surface area contributed by atoms with Crippen molar-refractivity contribution in [3.8, 4) is 0 Å². The summed E-state index contributed by atoms with van der Waals surface area (Å²) in [5.41, 5.74) is 1.76. The van der Waals surface area contributed by atoms with E-state index in [2.05, 4.69) is 0 Å². The van der Waals surface area contributed by atoms with E-state index >= 15 is 0 Å². The number of nitrogens with zero attached hydrogens (tertiary/aromatic N) is 1. The molecular formula is C15H15NO3. The van der Waals surface area contributed by atoms with Gasteiger partial charge < -0.3 is 0 Å². The number of imide groups is 1. The third-order valence-electron chi connectivity index (χ3n) is 3.03. The van der Waals surface area contributed by atoms with Gasteiger partial charge >= 0.3 is 0 Å². The monoisotopic (exact) mass is 257 g/mol. The fourth-order valence-corrected chi connectivity index (χ4v) is 2.12. The van der Waals surface area contributed by atoms with Crippen molar-refractivity contribution in [2.24, 2.45) is 0 Å². The molecule has 4 nitrogen and oxygen atoms in total. The van der Waals surface area contributed by atoms with Crippen LogP contribution in [0.4, 0.5) is 0 Å². The smallest absolute Gasteiger partial charge is 0.261 e. The second-order valence-electron chi connectivity index (χ2n) is 4.70. The maximum absolute atomic E-state index is 12.1. The molecule has 0 radical (unpaired) electrons. The molecule has 0 saturated carbocycles. The Morgan fingerprint density at radius 2 is 1.63 bits per heavy atom. The molecule has 2 amide bonds. The SMILES string of the molecule is CC(=O)C/C(C)=C/CN1C(=O)c2ccccc2C1=O. The van der Waals surface area contributed by atoms with Gasteiger partial charge in [0, 0.05) is 13.0 Å². The van der Waals surface area contributed by atoms with E-state index in [4.69, 9.17) is 0 Å². The lowest BCUT2D eigenvalue weighted by atomic mass is 10.1. The molecule has 0 aliphatic carbocycles. The molecule has 0 atom stereocenters. The fraction of sp³-hybridized carbons (Fsp3) is 0.267. The van der Waals surface area contributed by atoms with Gasteiger partial charge in [0.15, 0.2) is 0 Å². The van der Waals surface area contributed by atoms with Crippen molar-refractivity contribution in [1.29, 1.82) is 0 Å². The van der Waals surface area contributed by atoms with E-state index < -0.39 is 0 Å². The molecule has 0 unspecified atom stereocenters. The van der Waals surface area contributed by atoms with Gasteiger partial charge in [-0.1, -0.05) is 23.8 Å². The maximum atomic E-state index is 12.1. The maximum Gasteiger partial charge on any atom is 0.261 e. The van der Waals surface area contributed by atoms with Crippen molar-refractivity contribution in [3.63, 3.8) is 0 Å². The van der Waals surface area contributed by atoms with Gasteiger partial charge in [-0.05, 0) is 26.0 Å². The zero-order valence-electron chi connectivity index (χ0n) is 11.0. The number of rotatable bonds is 4. The molecular weight excluding hydrogens is 242 g/mol. The fourth-order valence-electron chi connectivity index (χ4n) is 2.12. The molecule has 0 spiro atoms. The van der Waals surface area contributed by atoms with Crippen LogP contribution in [0.1, 0.15) is 41.0 Å². The highest BCUT2D eigenvalue weighted by Gasteiger charge is 2.34. The number of allylic oxidation sites excluding steroid dienone is 1. The summed E-state index contributed by atoms with van der Waals surface area (Å²) in [7, 11) is 0. The predicted octanol–water partition coefficient (Wildman–Crippen LogP) is 2.21. The Kier molecular flexibility index (Phi) is 3.60. The Hall–Kier alpha value is -2.23. The average molecular weight is 257 g/mol. The number of ketones is 1. The van der Waals surface area contributed by atoms with Crippen LogP contribution in [0, 0.1) is 0 Å². The van der Waals surface area contributed by atoms with Crippen molar-refractivity contribution in [2.45, 2.75) is 20.3 Å². The normalized spacial score (nSPS) is 14.8. The Balaban J connectivity index is 2.15. The first-order valence-electron chi connectivity index (χ1n) is 6.11. The molecule has 0 fully saturated rings. The van der Waals surface area contributed by atoms with Gasteiger partial charge in [-0.3, -0.25) is 19.3 Å². The minimum Gasteiger partial charge on any atom is -0.300 e. The minimum atomic E-state index is -0.271. The first-order chi connectivity index (χ1) is 9.00. The van der Waals surface area contributed by atoms with Crippen molar-refractivity contribution < 1.29 is 14.4 Å². The summed E-state index contributed by atoms with van der Waals surface area (Å²) in [4.78, 5) is 36.3. The zero-order chi connectivity index (χ0) is 14.0. The Morgan fingerprint density at radius 1 is 1.11 bits per heavy atom. The third kappa shape index (κ3) is 2.62. The number of hydrogen-bond donors (Lipinski definition) is 0. The van der Waals surface area contributed by atoms with Crippen LogP contribution in [0.5, 0.6) is 0 Å². The Morgan fingerprint density at radius 3 is 2.11 bits per heavy atom. The lowest BCUT2D eigenvalue weighted by Gasteiger charge is -2.11. The largest absolute Gasteiger partial charge is 0.300 e. The summed E-state index contributed by atoms with van der Waals surface area (Å²) in [6, 6.07) is 6.79. The Bertz CT molecular complexity index is 552. The van der Waals surface area contributed by atoms with E-state index in [0.29, 0.717) is 17.5 Å². The van der Waals surface area contributed by atoms with Gasteiger partial charge in [-0.15, -0.1) is 0 Å². The molecule has 0 saturated heterocycles. The van der Waals surface area contributed by atoms with Crippen LogP contribution in [0.25, 0.3) is 0 Å². The van der Waals surface area contributed by atoms with Crippen molar-refractivity contribution >= 4 is 17.6 Å². The highest BCUT2D eigenvalue weighted by molar-refractivity contribution is 6.21. The number of carbonyl (C=O) groups is 3. The topological polar surface area (TPSA) is 54.5 Å². The van der Waals surface area contributed by atoms with Crippen molar-refractivity contribution in [2.75, 3.05) is 6.54 Å². The zero-order valence-corrected chi connectivity index (χ0v) is 11.0. The quantitative estimate of drug-likeness (QED) is 0.614. The lowest BCUT2D eigenvalue weighted by molar-refractivity contribution is -0.116. The second-order valence-corrected chi connectivity index (χ2v) is 4.70. The molecule has 19 heavy (non-hydrogen) atoms. The van der Waals surface area contributed by atoms with Gasteiger partial charge in [0.25, 0.3) is 11.8 Å². The highest BCUT2D eigenvalue weighted by Crippen LogP contribution is 2.22. The van der Waals surface area contributed by atoms with E-state index in [9.17, 15) is 14.4 Å². The number of hydrogen-bond acceptors (Lipinski definition) is 3. The van der Waals surface area contributed by atoms with Gasteiger partial charge in [0.2, 0.25) is 0 Å². The van der Waals surface area contributed by atoms with Crippen LogP contribution in [0.2, 0.25) is 0 Å². The van der Waals surface area contributed by atoms with E-state index in [1.54, 1.807) is 30.3 Å². The van der Waals surface area contributed by atoms with Crippen molar-refractivity contribution in [3.05, 3.63) is 47.0 Å². The van der Waals surface area contributed by atoms with Crippen LogP contribution in [-0.2, 0) is 4.79 Å². The van der Waals surface area contributed by atoms with Gasteiger partial charge in [-0.25, -0.2) is 0 Å². The molecule has 1 aromatic rings.